The predicted molar refractivity (Wildman–Crippen MR) is 71.8 cm³/mol. The SMILES string of the molecule is CCCCS(=O)(=O)C(C)C(=O)c1ccc(Cl)s1. The topological polar surface area (TPSA) is 51.2 Å². The molecule has 1 rings (SSSR count). The third kappa shape index (κ3) is 3.79. The summed E-state index contributed by atoms with van der Waals surface area (Å²) in [6.07, 6.45) is 1.39. The molecule has 3 nitrogen and oxygen atoms in total. The molecule has 0 aliphatic rings. The second kappa shape index (κ2) is 5.98. The summed E-state index contributed by atoms with van der Waals surface area (Å²) in [6.45, 7) is 3.36. The third-order valence-corrected chi connectivity index (χ3v) is 5.90. The van der Waals surface area contributed by atoms with Crippen LogP contribution in [0.4, 0.5) is 0 Å². The second-order valence-corrected chi connectivity index (χ2v) is 7.99. The average Bonchev–Trinajstić information content (AvgIpc) is 2.71. The number of Topliss-reactive ketones (excluding diaryl/α,β-unsaturated/α-hetero) is 1. The average molecular weight is 295 g/mol. The molecule has 1 unspecified atom stereocenters. The Labute approximate surface area is 111 Å². The van der Waals surface area contributed by atoms with Gasteiger partial charge in [0, 0.05) is 0 Å². The molecule has 0 radical (unpaired) electrons. The quantitative estimate of drug-likeness (QED) is 0.757. The molecule has 0 N–H and O–H groups in total. The smallest absolute Gasteiger partial charge is 0.190 e. The van der Waals surface area contributed by atoms with Crippen LogP contribution >= 0.6 is 22.9 Å². The summed E-state index contributed by atoms with van der Waals surface area (Å²) in [5, 5.41) is -0.983. The van der Waals surface area contributed by atoms with E-state index in [-0.39, 0.29) is 11.5 Å². The van der Waals surface area contributed by atoms with Crippen LogP contribution in [-0.4, -0.2) is 25.2 Å². The number of rotatable bonds is 6. The number of halogens is 1. The lowest BCUT2D eigenvalue weighted by molar-refractivity contribution is 0.0995. The number of carbonyl (C=O) groups is 1. The van der Waals surface area contributed by atoms with Crippen LogP contribution in [0.25, 0.3) is 0 Å². The van der Waals surface area contributed by atoms with Gasteiger partial charge in [0.1, 0.15) is 5.25 Å². The van der Waals surface area contributed by atoms with Crippen LogP contribution in [-0.2, 0) is 9.84 Å². The highest BCUT2D eigenvalue weighted by atomic mass is 35.5. The highest BCUT2D eigenvalue weighted by molar-refractivity contribution is 7.92. The zero-order valence-electron chi connectivity index (χ0n) is 9.77. The van der Waals surface area contributed by atoms with E-state index in [1.807, 2.05) is 6.92 Å². The van der Waals surface area contributed by atoms with Gasteiger partial charge in [0.15, 0.2) is 15.6 Å². The summed E-state index contributed by atoms with van der Waals surface area (Å²) in [6, 6.07) is 3.17. The van der Waals surface area contributed by atoms with E-state index in [9.17, 15) is 13.2 Å². The summed E-state index contributed by atoms with van der Waals surface area (Å²) >= 11 is 6.84. The van der Waals surface area contributed by atoms with E-state index in [1.54, 1.807) is 12.1 Å². The Balaban J connectivity index is 2.83. The highest BCUT2D eigenvalue weighted by Gasteiger charge is 2.28. The van der Waals surface area contributed by atoms with Gasteiger partial charge >= 0.3 is 0 Å². The molecule has 1 aromatic rings. The molecule has 0 amide bonds. The Hall–Kier alpha value is -0.390. The monoisotopic (exact) mass is 294 g/mol. The van der Waals surface area contributed by atoms with Crippen molar-refractivity contribution in [2.75, 3.05) is 5.75 Å². The first-order valence-electron chi connectivity index (χ1n) is 5.39. The number of thiophene rings is 1. The fourth-order valence-corrected chi connectivity index (χ4v) is 3.98. The zero-order chi connectivity index (χ0) is 13.1. The fraction of sp³-hybridized carbons (Fsp3) is 0.545. The molecule has 0 spiro atoms. The fourth-order valence-electron chi connectivity index (χ4n) is 1.33. The first kappa shape index (κ1) is 14.7. The molecule has 0 saturated heterocycles. The lowest BCUT2D eigenvalue weighted by Crippen LogP contribution is -2.29. The van der Waals surface area contributed by atoms with Crippen LogP contribution in [0.2, 0.25) is 4.34 Å². The maximum absolute atomic E-state index is 11.9. The van der Waals surface area contributed by atoms with E-state index < -0.39 is 15.1 Å². The van der Waals surface area contributed by atoms with Crippen LogP contribution in [0.3, 0.4) is 0 Å². The molecule has 1 atom stereocenters. The summed E-state index contributed by atoms with van der Waals surface area (Å²) in [4.78, 5) is 12.3. The van der Waals surface area contributed by atoms with Crippen LogP contribution in [0.1, 0.15) is 36.4 Å². The van der Waals surface area contributed by atoms with E-state index in [4.69, 9.17) is 11.6 Å². The highest BCUT2D eigenvalue weighted by Crippen LogP contribution is 2.24. The molecule has 1 heterocycles. The molecule has 0 bridgehead atoms. The maximum Gasteiger partial charge on any atom is 0.190 e. The van der Waals surface area contributed by atoms with Crippen molar-refractivity contribution in [3.05, 3.63) is 21.3 Å². The molecule has 6 heteroatoms. The van der Waals surface area contributed by atoms with Gasteiger partial charge in [-0.15, -0.1) is 11.3 Å². The number of sulfone groups is 1. The van der Waals surface area contributed by atoms with Crippen molar-refractivity contribution in [1.29, 1.82) is 0 Å². The second-order valence-electron chi connectivity index (χ2n) is 3.83. The van der Waals surface area contributed by atoms with E-state index in [2.05, 4.69) is 0 Å². The van der Waals surface area contributed by atoms with Gasteiger partial charge in [-0.05, 0) is 25.5 Å². The standard InChI is InChI=1S/C11H15ClO3S2/c1-3-4-7-17(14,15)8(2)11(13)9-5-6-10(12)16-9/h5-6,8H,3-4,7H2,1-2H3. The first-order chi connectivity index (χ1) is 7.88. The van der Waals surface area contributed by atoms with Crippen molar-refractivity contribution in [1.82, 2.24) is 0 Å². The van der Waals surface area contributed by atoms with Crippen molar-refractivity contribution in [2.24, 2.45) is 0 Å². The Morgan fingerprint density at radius 3 is 2.59 bits per heavy atom. The molecule has 0 saturated carbocycles. The zero-order valence-corrected chi connectivity index (χ0v) is 12.2. The van der Waals surface area contributed by atoms with Crippen LogP contribution in [0.15, 0.2) is 12.1 Å². The minimum absolute atomic E-state index is 0.0650. The van der Waals surface area contributed by atoms with Gasteiger partial charge in [-0.3, -0.25) is 4.79 Å². The molecule has 0 aliphatic heterocycles. The van der Waals surface area contributed by atoms with Crippen LogP contribution in [0.5, 0.6) is 0 Å². The Bertz CT molecular complexity index is 491. The lowest BCUT2D eigenvalue weighted by Gasteiger charge is -2.10. The number of carbonyl (C=O) groups excluding carboxylic acids is 1. The largest absolute Gasteiger partial charge is 0.292 e. The predicted octanol–water partition coefficient (Wildman–Crippen LogP) is 3.19. The molecule has 1 aromatic heterocycles. The number of unbranched alkanes of at least 4 members (excludes halogenated alkanes) is 1. The van der Waals surface area contributed by atoms with Gasteiger partial charge in [0.05, 0.1) is 15.0 Å². The third-order valence-electron chi connectivity index (χ3n) is 2.51. The van der Waals surface area contributed by atoms with E-state index in [1.165, 1.54) is 6.92 Å². The number of hydrogen-bond acceptors (Lipinski definition) is 4. The molecule has 0 aliphatic carbocycles. The van der Waals surface area contributed by atoms with Gasteiger partial charge in [-0.25, -0.2) is 8.42 Å². The van der Waals surface area contributed by atoms with Gasteiger partial charge in [-0.1, -0.05) is 24.9 Å². The summed E-state index contributed by atoms with van der Waals surface area (Å²) < 4.78 is 24.2. The lowest BCUT2D eigenvalue weighted by atomic mass is 10.2. The van der Waals surface area contributed by atoms with Gasteiger partial charge in [-0.2, -0.15) is 0 Å². The summed E-state index contributed by atoms with van der Waals surface area (Å²) in [7, 11) is -3.35. The molecular formula is C11H15ClO3S2. The number of hydrogen-bond donors (Lipinski definition) is 0. The minimum Gasteiger partial charge on any atom is -0.292 e. The maximum atomic E-state index is 11.9. The van der Waals surface area contributed by atoms with Crippen molar-refractivity contribution >= 4 is 38.6 Å². The van der Waals surface area contributed by atoms with Gasteiger partial charge < -0.3 is 0 Å². The van der Waals surface area contributed by atoms with E-state index in [0.29, 0.717) is 15.6 Å². The molecule has 0 aromatic carbocycles. The molecule has 17 heavy (non-hydrogen) atoms. The Morgan fingerprint density at radius 1 is 1.47 bits per heavy atom. The molecule has 96 valence electrons. The van der Waals surface area contributed by atoms with Crippen molar-refractivity contribution < 1.29 is 13.2 Å². The van der Waals surface area contributed by atoms with E-state index in [0.717, 1.165) is 17.8 Å². The van der Waals surface area contributed by atoms with Gasteiger partial charge in [0.2, 0.25) is 0 Å². The summed E-state index contributed by atoms with van der Waals surface area (Å²) in [5.41, 5.74) is 0. The van der Waals surface area contributed by atoms with Crippen molar-refractivity contribution in [2.45, 2.75) is 31.9 Å². The first-order valence-corrected chi connectivity index (χ1v) is 8.30. The van der Waals surface area contributed by atoms with E-state index >= 15 is 0 Å². The minimum atomic E-state index is -3.35. The van der Waals surface area contributed by atoms with Gasteiger partial charge in [0.25, 0.3) is 0 Å². The molecular weight excluding hydrogens is 280 g/mol. The van der Waals surface area contributed by atoms with Crippen LogP contribution in [0, 0.1) is 0 Å². The normalized spacial score (nSPS) is 13.6. The number of ketones is 1. The van der Waals surface area contributed by atoms with Crippen molar-refractivity contribution in [3.63, 3.8) is 0 Å². The molecule has 0 fully saturated rings. The van der Waals surface area contributed by atoms with Crippen molar-refractivity contribution in [3.8, 4) is 0 Å². The van der Waals surface area contributed by atoms with Crippen LogP contribution < -0.4 is 0 Å². The Kier molecular flexibility index (Phi) is 5.16. The Morgan fingerprint density at radius 2 is 2.12 bits per heavy atom. The summed E-state index contributed by atoms with van der Waals surface area (Å²) in [5.74, 6) is -0.298.